The minimum Gasteiger partial charge on any atom is -0.205 e. The van der Waals surface area contributed by atoms with Crippen LogP contribution in [-0.4, -0.2) is 0 Å². The summed E-state index contributed by atoms with van der Waals surface area (Å²) in [6.07, 6.45) is 15.6. The van der Waals surface area contributed by atoms with Gasteiger partial charge in [0.15, 0.2) is 0 Å². The van der Waals surface area contributed by atoms with E-state index < -0.39 is 0 Å². The largest absolute Gasteiger partial charge is 0.205 e. The molecule has 184 valence electrons. The van der Waals surface area contributed by atoms with E-state index in [2.05, 4.69) is 62.1 Å². The topological polar surface area (TPSA) is 0 Å². The summed E-state index contributed by atoms with van der Waals surface area (Å²) >= 11 is 0. The third-order valence-corrected chi connectivity index (χ3v) is 7.89. The van der Waals surface area contributed by atoms with Crippen molar-refractivity contribution < 1.29 is 4.39 Å². The molecule has 0 heterocycles. The summed E-state index contributed by atoms with van der Waals surface area (Å²) in [4.78, 5) is 0. The molecular formula is C34H41F. The molecule has 1 aliphatic carbocycles. The number of hydrogen-bond donors (Lipinski definition) is 0. The maximum Gasteiger partial charge on any atom is 0.146 e. The molecule has 3 aromatic rings. The van der Waals surface area contributed by atoms with Crippen molar-refractivity contribution in [2.45, 2.75) is 90.9 Å². The molecule has 1 heteroatoms. The zero-order chi connectivity index (χ0) is 24.5. The highest BCUT2D eigenvalue weighted by Gasteiger charge is 2.20. The van der Waals surface area contributed by atoms with Gasteiger partial charge in [-0.1, -0.05) is 113 Å². The summed E-state index contributed by atoms with van der Waals surface area (Å²) < 4.78 is 15.1. The minimum atomic E-state index is -0.208. The summed E-state index contributed by atoms with van der Waals surface area (Å²) in [5, 5.41) is 1.63. The Bertz CT molecular complexity index is 1140. The van der Waals surface area contributed by atoms with Crippen LogP contribution >= 0.6 is 0 Å². The van der Waals surface area contributed by atoms with Crippen LogP contribution in [0, 0.1) is 29.5 Å². The molecule has 0 N–H and O–H groups in total. The molecule has 1 aliphatic rings. The van der Waals surface area contributed by atoms with Crippen LogP contribution in [0.1, 0.15) is 100 Å². The number of aryl methyl sites for hydroxylation is 2. The predicted molar refractivity (Wildman–Crippen MR) is 148 cm³/mol. The molecule has 1 fully saturated rings. The van der Waals surface area contributed by atoms with Crippen LogP contribution in [0.2, 0.25) is 0 Å². The van der Waals surface area contributed by atoms with Gasteiger partial charge in [-0.05, 0) is 72.2 Å². The lowest BCUT2D eigenvalue weighted by atomic mass is 9.78. The second-order valence-corrected chi connectivity index (χ2v) is 10.6. The Hall–Kier alpha value is -2.59. The number of fused-ring (bicyclic) bond motifs is 1. The van der Waals surface area contributed by atoms with Crippen molar-refractivity contribution >= 4 is 10.8 Å². The quantitative estimate of drug-likeness (QED) is 0.216. The van der Waals surface area contributed by atoms with Gasteiger partial charge in [0.1, 0.15) is 5.82 Å². The van der Waals surface area contributed by atoms with Crippen molar-refractivity contribution in [1.29, 1.82) is 0 Å². The SMILES string of the molecule is CCCCCc1ccc2c(F)c(C#Cc3ccc(CCC4CCC(CCC)CC4)cc3)ccc2c1. The first-order valence-electron chi connectivity index (χ1n) is 14.0. The van der Waals surface area contributed by atoms with E-state index in [9.17, 15) is 0 Å². The zero-order valence-corrected chi connectivity index (χ0v) is 21.7. The second kappa shape index (κ2) is 12.9. The molecule has 0 nitrogen and oxygen atoms in total. The highest BCUT2D eigenvalue weighted by molar-refractivity contribution is 5.85. The lowest BCUT2D eigenvalue weighted by molar-refractivity contribution is 0.252. The van der Waals surface area contributed by atoms with Crippen molar-refractivity contribution in [3.8, 4) is 11.8 Å². The van der Waals surface area contributed by atoms with Gasteiger partial charge in [-0.25, -0.2) is 4.39 Å². The van der Waals surface area contributed by atoms with E-state index in [0.717, 1.165) is 35.6 Å². The van der Waals surface area contributed by atoms with Crippen molar-refractivity contribution in [3.05, 3.63) is 82.7 Å². The van der Waals surface area contributed by atoms with Crippen molar-refractivity contribution in [2.75, 3.05) is 0 Å². The highest BCUT2D eigenvalue weighted by atomic mass is 19.1. The van der Waals surface area contributed by atoms with Crippen LogP contribution < -0.4 is 0 Å². The predicted octanol–water partition coefficient (Wildman–Crippen LogP) is 9.65. The first kappa shape index (κ1) is 25.5. The van der Waals surface area contributed by atoms with E-state index in [1.807, 2.05) is 18.2 Å². The van der Waals surface area contributed by atoms with Gasteiger partial charge in [-0.15, -0.1) is 0 Å². The zero-order valence-electron chi connectivity index (χ0n) is 21.7. The summed E-state index contributed by atoms with van der Waals surface area (Å²) in [6.45, 7) is 4.52. The summed E-state index contributed by atoms with van der Waals surface area (Å²) in [5.41, 5.74) is 4.09. The Labute approximate surface area is 212 Å². The summed E-state index contributed by atoms with van der Waals surface area (Å²) in [7, 11) is 0. The van der Waals surface area contributed by atoms with Crippen LogP contribution in [0.15, 0.2) is 54.6 Å². The van der Waals surface area contributed by atoms with Crippen LogP contribution in [0.4, 0.5) is 4.39 Å². The molecule has 35 heavy (non-hydrogen) atoms. The van der Waals surface area contributed by atoms with Gasteiger partial charge < -0.3 is 0 Å². The molecule has 0 amide bonds. The number of unbranched alkanes of at least 4 members (excludes halogenated alkanes) is 2. The normalized spacial score (nSPS) is 17.8. The highest BCUT2D eigenvalue weighted by Crippen LogP contribution is 2.33. The van der Waals surface area contributed by atoms with Crippen LogP contribution in [0.3, 0.4) is 0 Å². The third-order valence-electron chi connectivity index (χ3n) is 7.89. The monoisotopic (exact) mass is 468 g/mol. The molecule has 0 spiro atoms. The Morgan fingerprint density at radius 2 is 1.43 bits per heavy atom. The number of rotatable bonds is 9. The van der Waals surface area contributed by atoms with E-state index in [1.54, 1.807) is 0 Å². The molecule has 0 radical (unpaired) electrons. The molecule has 0 bridgehead atoms. The fourth-order valence-corrected chi connectivity index (χ4v) is 5.65. The van der Waals surface area contributed by atoms with Gasteiger partial charge in [0.2, 0.25) is 0 Å². The van der Waals surface area contributed by atoms with Crippen LogP contribution in [0.5, 0.6) is 0 Å². The number of benzene rings is 3. The minimum absolute atomic E-state index is 0.208. The smallest absolute Gasteiger partial charge is 0.146 e. The average molecular weight is 469 g/mol. The van der Waals surface area contributed by atoms with Crippen LogP contribution in [0.25, 0.3) is 10.8 Å². The van der Waals surface area contributed by atoms with E-state index in [0.29, 0.717) is 10.9 Å². The molecular weight excluding hydrogens is 427 g/mol. The number of hydrogen-bond acceptors (Lipinski definition) is 0. The van der Waals surface area contributed by atoms with E-state index >= 15 is 4.39 Å². The van der Waals surface area contributed by atoms with Gasteiger partial charge in [-0.2, -0.15) is 0 Å². The molecule has 4 rings (SSSR count). The van der Waals surface area contributed by atoms with Gasteiger partial charge in [0.25, 0.3) is 0 Å². The van der Waals surface area contributed by atoms with E-state index in [4.69, 9.17) is 0 Å². The Kier molecular flexibility index (Phi) is 9.42. The molecule has 0 unspecified atom stereocenters. The summed E-state index contributed by atoms with van der Waals surface area (Å²) in [5.74, 6) is 7.91. The molecule has 0 atom stereocenters. The van der Waals surface area contributed by atoms with Crippen molar-refractivity contribution in [3.63, 3.8) is 0 Å². The Balaban J connectivity index is 1.34. The van der Waals surface area contributed by atoms with Gasteiger partial charge in [0, 0.05) is 10.9 Å². The Morgan fingerprint density at radius 1 is 0.714 bits per heavy atom. The lowest BCUT2D eigenvalue weighted by Crippen LogP contribution is -2.15. The fourth-order valence-electron chi connectivity index (χ4n) is 5.65. The van der Waals surface area contributed by atoms with Crippen molar-refractivity contribution in [1.82, 2.24) is 0 Å². The number of halogens is 1. The maximum atomic E-state index is 15.1. The van der Waals surface area contributed by atoms with Gasteiger partial charge in [0.05, 0.1) is 5.56 Å². The maximum absolute atomic E-state index is 15.1. The average Bonchev–Trinajstić information content (AvgIpc) is 2.89. The lowest BCUT2D eigenvalue weighted by Gasteiger charge is -2.28. The fraction of sp³-hybridized carbons (Fsp3) is 0.471. The Morgan fingerprint density at radius 3 is 2.14 bits per heavy atom. The molecule has 0 aliphatic heterocycles. The van der Waals surface area contributed by atoms with Gasteiger partial charge in [-0.3, -0.25) is 0 Å². The first-order chi connectivity index (χ1) is 17.2. The van der Waals surface area contributed by atoms with Gasteiger partial charge >= 0.3 is 0 Å². The summed E-state index contributed by atoms with van der Waals surface area (Å²) in [6, 6.07) is 18.5. The van der Waals surface area contributed by atoms with E-state index in [1.165, 1.54) is 75.3 Å². The third kappa shape index (κ3) is 7.20. The van der Waals surface area contributed by atoms with E-state index in [-0.39, 0.29) is 5.82 Å². The van der Waals surface area contributed by atoms with Crippen LogP contribution in [-0.2, 0) is 12.8 Å². The molecule has 3 aromatic carbocycles. The molecule has 0 aromatic heterocycles. The standard InChI is InChI=1S/C34H41F/c1-3-5-6-8-30-20-24-33-32(25-30)23-22-31(34(33)35)21-19-29-17-15-28(16-18-29)14-13-27-11-9-26(7-4-2)10-12-27/h15-18,20,22-27H,3-14H2,1-2H3. The first-order valence-corrected chi connectivity index (χ1v) is 14.0. The van der Waals surface area contributed by atoms with Crippen molar-refractivity contribution in [2.24, 2.45) is 11.8 Å². The molecule has 1 saturated carbocycles. The molecule has 0 saturated heterocycles. The second-order valence-electron chi connectivity index (χ2n) is 10.6.